The predicted octanol–water partition coefficient (Wildman–Crippen LogP) is 1.25. The van der Waals surface area contributed by atoms with Gasteiger partial charge in [0.1, 0.15) is 5.69 Å². The summed E-state index contributed by atoms with van der Waals surface area (Å²) in [6.45, 7) is 0. The van der Waals surface area contributed by atoms with E-state index in [0.717, 1.165) is 30.7 Å². The van der Waals surface area contributed by atoms with Gasteiger partial charge in [0, 0.05) is 18.9 Å². The van der Waals surface area contributed by atoms with Crippen LogP contribution in [0.2, 0.25) is 0 Å². The monoisotopic (exact) mass is 219 g/mol. The number of aromatic carboxylic acids is 1. The van der Waals surface area contributed by atoms with Crippen molar-refractivity contribution in [3.05, 3.63) is 23.3 Å². The maximum absolute atomic E-state index is 11.0. The van der Waals surface area contributed by atoms with Crippen LogP contribution in [-0.4, -0.2) is 25.0 Å². The maximum atomic E-state index is 11.0. The first kappa shape index (κ1) is 9.45. The number of aromatic nitrogens is 3. The van der Waals surface area contributed by atoms with E-state index in [1.807, 2.05) is 4.40 Å². The van der Waals surface area contributed by atoms with E-state index in [4.69, 9.17) is 5.11 Å². The summed E-state index contributed by atoms with van der Waals surface area (Å²) in [6.07, 6.45) is 6.04. The van der Waals surface area contributed by atoms with Crippen molar-refractivity contribution in [2.24, 2.45) is 7.05 Å². The highest BCUT2D eigenvalue weighted by atomic mass is 16.4. The zero-order chi connectivity index (χ0) is 11.3. The molecular formula is C11H13N3O2. The van der Waals surface area contributed by atoms with E-state index in [1.54, 1.807) is 17.8 Å². The van der Waals surface area contributed by atoms with E-state index < -0.39 is 5.97 Å². The van der Waals surface area contributed by atoms with Crippen LogP contribution in [0.15, 0.2) is 6.20 Å². The maximum Gasteiger partial charge on any atom is 0.354 e. The summed E-state index contributed by atoms with van der Waals surface area (Å²) >= 11 is 0. The molecule has 2 aromatic rings. The van der Waals surface area contributed by atoms with Crippen LogP contribution >= 0.6 is 0 Å². The summed E-state index contributed by atoms with van der Waals surface area (Å²) in [5, 5.41) is 9.03. The lowest BCUT2D eigenvalue weighted by molar-refractivity contribution is 0.0686. The standard InChI is InChI=1S/C11H13N3O2/c1-13-9(10(15)16)6-14-8-5-3-2-4-7(8)12-11(13)14/h6H,2-5H2,1H3,(H,15,16). The van der Waals surface area contributed by atoms with Crippen molar-refractivity contribution < 1.29 is 9.90 Å². The Morgan fingerprint density at radius 3 is 2.94 bits per heavy atom. The van der Waals surface area contributed by atoms with E-state index in [2.05, 4.69) is 4.98 Å². The molecule has 0 atom stereocenters. The van der Waals surface area contributed by atoms with Gasteiger partial charge in [-0.2, -0.15) is 0 Å². The minimum atomic E-state index is -0.905. The molecule has 0 bridgehead atoms. The molecule has 0 amide bonds. The van der Waals surface area contributed by atoms with Crippen molar-refractivity contribution >= 4 is 11.7 Å². The molecule has 16 heavy (non-hydrogen) atoms. The van der Waals surface area contributed by atoms with Gasteiger partial charge in [-0.25, -0.2) is 9.78 Å². The Balaban J connectivity index is 2.29. The first-order valence-corrected chi connectivity index (χ1v) is 5.47. The van der Waals surface area contributed by atoms with E-state index in [0.29, 0.717) is 0 Å². The van der Waals surface area contributed by atoms with Gasteiger partial charge in [-0.05, 0) is 25.7 Å². The number of imidazole rings is 2. The number of hydrogen-bond donors (Lipinski definition) is 1. The average Bonchev–Trinajstić information content (AvgIpc) is 2.76. The number of nitrogens with zero attached hydrogens (tertiary/aromatic N) is 3. The second-order valence-electron chi connectivity index (χ2n) is 4.26. The van der Waals surface area contributed by atoms with Gasteiger partial charge in [0.05, 0.1) is 5.69 Å². The molecule has 0 saturated heterocycles. The first-order chi connectivity index (χ1) is 7.68. The molecule has 2 heterocycles. The third-order valence-corrected chi connectivity index (χ3v) is 3.28. The molecule has 84 valence electrons. The molecule has 5 nitrogen and oxygen atoms in total. The summed E-state index contributed by atoms with van der Waals surface area (Å²) in [7, 11) is 1.75. The Morgan fingerprint density at radius 2 is 2.19 bits per heavy atom. The predicted molar refractivity (Wildman–Crippen MR) is 57.8 cm³/mol. The van der Waals surface area contributed by atoms with Crippen LogP contribution in [0.25, 0.3) is 5.78 Å². The summed E-state index contributed by atoms with van der Waals surface area (Å²) in [5.41, 5.74) is 2.61. The summed E-state index contributed by atoms with van der Waals surface area (Å²) < 4.78 is 3.57. The van der Waals surface area contributed by atoms with Gasteiger partial charge in [-0.15, -0.1) is 0 Å². The number of hydrogen-bond acceptors (Lipinski definition) is 2. The fraction of sp³-hybridized carbons (Fsp3) is 0.455. The third kappa shape index (κ3) is 1.11. The minimum Gasteiger partial charge on any atom is -0.477 e. The third-order valence-electron chi connectivity index (χ3n) is 3.28. The molecule has 5 heteroatoms. The fourth-order valence-electron chi connectivity index (χ4n) is 2.44. The van der Waals surface area contributed by atoms with Gasteiger partial charge >= 0.3 is 5.97 Å². The SMILES string of the molecule is Cn1c(C(=O)O)cn2c3c(nc12)CCCC3. The fourth-order valence-corrected chi connectivity index (χ4v) is 2.44. The van der Waals surface area contributed by atoms with Crippen molar-refractivity contribution in [2.75, 3.05) is 0 Å². The number of fused-ring (bicyclic) bond motifs is 3. The largest absolute Gasteiger partial charge is 0.477 e. The normalized spacial score (nSPS) is 15.3. The number of aryl methyl sites for hydroxylation is 3. The number of carboxylic acids is 1. The van der Waals surface area contributed by atoms with Crippen molar-refractivity contribution in [1.29, 1.82) is 0 Å². The minimum absolute atomic E-state index is 0.288. The molecule has 0 fully saturated rings. The van der Waals surface area contributed by atoms with Gasteiger partial charge in [-0.1, -0.05) is 0 Å². The van der Waals surface area contributed by atoms with Crippen LogP contribution in [0.4, 0.5) is 0 Å². The average molecular weight is 219 g/mol. The molecule has 0 saturated carbocycles. The van der Waals surface area contributed by atoms with Gasteiger partial charge in [0.15, 0.2) is 0 Å². The number of carboxylic acid groups (broad SMARTS) is 1. The molecule has 1 N–H and O–H groups in total. The zero-order valence-corrected chi connectivity index (χ0v) is 9.10. The second kappa shape index (κ2) is 3.10. The molecule has 0 radical (unpaired) electrons. The zero-order valence-electron chi connectivity index (χ0n) is 9.10. The smallest absolute Gasteiger partial charge is 0.354 e. The number of rotatable bonds is 1. The topological polar surface area (TPSA) is 59.5 Å². The Morgan fingerprint density at radius 1 is 1.44 bits per heavy atom. The van der Waals surface area contributed by atoms with Gasteiger partial charge < -0.3 is 9.67 Å². The van der Waals surface area contributed by atoms with Gasteiger partial charge in [-0.3, -0.25) is 4.40 Å². The highest BCUT2D eigenvalue weighted by Gasteiger charge is 2.21. The highest BCUT2D eigenvalue weighted by molar-refractivity contribution is 5.86. The molecule has 0 unspecified atom stereocenters. The Hall–Kier alpha value is -1.78. The molecule has 0 aliphatic heterocycles. The van der Waals surface area contributed by atoms with E-state index in [9.17, 15) is 4.79 Å². The van der Waals surface area contributed by atoms with Crippen molar-refractivity contribution in [2.45, 2.75) is 25.7 Å². The van der Waals surface area contributed by atoms with Gasteiger partial charge in [0.2, 0.25) is 5.78 Å². The molecule has 1 aliphatic rings. The lowest BCUT2D eigenvalue weighted by Crippen LogP contribution is -2.05. The van der Waals surface area contributed by atoms with E-state index in [-0.39, 0.29) is 5.69 Å². The second-order valence-corrected chi connectivity index (χ2v) is 4.26. The molecule has 2 aromatic heterocycles. The van der Waals surface area contributed by atoms with Crippen LogP contribution in [0.5, 0.6) is 0 Å². The molecule has 1 aliphatic carbocycles. The quantitative estimate of drug-likeness (QED) is 0.785. The van der Waals surface area contributed by atoms with E-state index in [1.165, 1.54) is 12.1 Å². The van der Waals surface area contributed by atoms with Crippen LogP contribution < -0.4 is 0 Å². The molecule has 0 aromatic carbocycles. The van der Waals surface area contributed by atoms with Crippen LogP contribution in [0.3, 0.4) is 0 Å². The molecular weight excluding hydrogens is 206 g/mol. The van der Waals surface area contributed by atoms with Crippen LogP contribution in [0, 0.1) is 0 Å². The van der Waals surface area contributed by atoms with Crippen molar-refractivity contribution in [3.63, 3.8) is 0 Å². The molecule has 0 spiro atoms. The van der Waals surface area contributed by atoms with Gasteiger partial charge in [0.25, 0.3) is 0 Å². The first-order valence-electron chi connectivity index (χ1n) is 5.47. The Labute approximate surface area is 92.3 Å². The highest BCUT2D eigenvalue weighted by Crippen LogP contribution is 2.23. The lowest BCUT2D eigenvalue weighted by atomic mass is 10.0. The van der Waals surface area contributed by atoms with Crippen molar-refractivity contribution in [1.82, 2.24) is 14.0 Å². The summed E-state index contributed by atoms with van der Waals surface area (Å²) in [4.78, 5) is 15.5. The Bertz CT molecular complexity index is 580. The van der Waals surface area contributed by atoms with Crippen LogP contribution in [-0.2, 0) is 19.9 Å². The molecule has 3 rings (SSSR count). The van der Waals surface area contributed by atoms with Crippen LogP contribution in [0.1, 0.15) is 34.7 Å². The van der Waals surface area contributed by atoms with Crippen molar-refractivity contribution in [3.8, 4) is 0 Å². The number of carbonyl (C=O) groups is 1. The Kier molecular flexibility index (Phi) is 1.83. The lowest BCUT2D eigenvalue weighted by Gasteiger charge is -2.08. The summed E-state index contributed by atoms with van der Waals surface area (Å²) in [5.74, 6) is -0.165. The summed E-state index contributed by atoms with van der Waals surface area (Å²) in [6, 6.07) is 0. The van der Waals surface area contributed by atoms with E-state index >= 15 is 0 Å².